The van der Waals surface area contributed by atoms with Gasteiger partial charge in [0.15, 0.2) is 0 Å². The second kappa shape index (κ2) is 9.26. The van der Waals surface area contributed by atoms with Crippen LogP contribution in [0.2, 0.25) is 10.2 Å². The van der Waals surface area contributed by atoms with Gasteiger partial charge in [0, 0.05) is 11.1 Å². The predicted molar refractivity (Wildman–Crippen MR) is 114 cm³/mol. The summed E-state index contributed by atoms with van der Waals surface area (Å²) in [5, 5.41) is 8.44. The zero-order chi connectivity index (χ0) is 20.1. The van der Waals surface area contributed by atoms with Crippen molar-refractivity contribution in [3.63, 3.8) is 0 Å². The van der Waals surface area contributed by atoms with Crippen LogP contribution >= 0.6 is 23.2 Å². The summed E-state index contributed by atoms with van der Waals surface area (Å²) in [6.45, 7) is 4.20. The van der Waals surface area contributed by atoms with E-state index in [1.54, 1.807) is 11.6 Å². The van der Waals surface area contributed by atoms with E-state index < -0.39 is 0 Å². The van der Waals surface area contributed by atoms with Gasteiger partial charge < -0.3 is 5.32 Å². The first-order valence-corrected chi connectivity index (χ1v) is 10.0. The standard InChI is InChI=1S/C22H23Cl2N3O/c1-15(12-13-17-8-4-3-5-9-17)25-22(28)20-16(2)26-27(21(20)24)14-18-10-6-7-11-19(18)23/h3-11,15H,12-14H2,1-2H3,(H,25,28). The molecule has 1 unspecified atom stereocenters. The van der Waals surface area contributed by atoms with E-state index >= 15 is 0 Å². The summed E-state index contributed by atoms with van der Waals surface area (Å²) in [6, 6.07) is 17.8. The first-order chi connectivity index (χ1) is 13.5. The van der Waals surface area contributed by atoms with Gasteiger partial charge in [-0.05, 0) is 43.9 Å². The maximum Gasteiger partial charge on any atom is 0.256 e. The first-order valence-electron chi connectivity index (χ1n) is 9.26. The number of nitrogens with zero attached hydrogens (tertiary/aromatic N) is 2. The van der Waals surface area contributed by atoms with Gasteiger partial charge in [-0.2, -0.15) is 5.10 Å². The number of amides is 1. The van der Waals surface area contributed by atoms with Gasteiger partial charge in [-0.1, -0.05) is 71.7 Å². The second-order valence-electron chi connectivity index (χ2n) is 6.90. The molecule has 0 bridgehead atoms. The monoisotopic (exact) mass is 415 g/mol. The van der Waals surface area contributed by atoms with E-state index in [2.05, 4.69) is 22.5 Å². The molecule has 28 heavy (non-hydrogen) atoms. The highest BCUT2D eigenvalue weighted by Gasteiger charge is 2.22. The van der Waals surface area contributed by atoms with Crippen molar-refractivity contribution in [2.75, 3.05) is 0 Å². The van der Waals surface area contributed by atoms with Gasteiger partial charge >= 0.3 is 0 Å². The molecular weight excluding hydrogens is 393 g/mol. The molecule has 146 valence electrons. The fourth-order valence-corrected chi connectivity index (χ4v) is 3.62. The molecule has 1 N–H and O–H groups in total. The van der Waals surface area contributed by atoms with Crippen LogP contribution in [0.15, 0.2) is 54.6 Å². The molecule has 0 spiro atoms. The van der Waals surface area contributed by atoms with E-state index in [0.29, 0.717) is 28.0 Å². The van der Waals surface area contributed by atoms with Crippen molar-refractivity contribution in [2.45, 2.75) is 39.3 Å². The average molecular weight is 416 g/mol. The lowest BCUT2D eigenvalue weighted by Crippen LogP contribution is -2.33. The topological polar surface area (TPSA) is 46.9 Å². The third-order valence-corrected chi connectivity index (χ3v) is 5.41. The van der Waals surface area contributed by atoms with Crippen molar-refractivity contribution < 1.29 is 4.79 Å². The molecule has 1 atom stereocenters. The minimum absolute atomic E-state index is 0.0232. The van der Waals surface area contributed by atoms with Crippen molar-refractivity contribution in [2.24, 2.45) is 0 Å². The number of halogens is 2. The third-order valence-electron chi connectivity index (χ3n) is 4.66. The Morgan fingerprint density at radius 1 is 1.11 bits per heavy atom. The Kier molecular flexibility index (Phi) is 6.76. The van der Waals surface area contributed by atoms with Gasteiger partial charge in [-0.15, -0.1) is 0 Å². The van der Waals surface area contributed by atoms with Gasteiger partial charge in [0.05, 0.1) is 17.8 Å². The van der Waals surface area contributed by atoms with E-state index in [4.69, 9.17) is 23.2 Å². The summed E-state index contributed by atoms with van der Waals surface area (Å²) in [5.41, 5.74) is 3.17. The summed E-state index contributed by atoms with van der Waals surface area (Å²) in [7, 11) is 0. The number of benzene rings is 2. The number of aromatic nitrogens is 2. The summed E-state index contributed by atoms with van der Waals surface area (Å²) >= 11 is 12.7. The Morgan fingerprint density at radius 2 is 1.79 bits per heavy atom. The van der Waals surface area contributed by atoms with E-state index in [1.807, 2.05) is 49.4 Å². The maximum atomic E-state index is 12.8. The van der Waals surface area contributed by atoms with Crippen molar-refractivity contribution in [3.8, 4) is 0 Å². The molecular formula is C22H23Cl2N3O. The van der Waals surface area contributed by atoms with Crippen LogP contribution in [0.5, 0.6) is 0 Å². The van der Waals surface area contributed by atoms with Gasteiger partial charge in [0.1, 0.15) is 5.15 Å². The lowest BCUT2D eigenvalue weighted by Gasteiger charge is -2.14. The summed E-state index contributed by atoms with van der Waals surface area (Å²) in [5.74, 6) is -0.200. The SMILES string of the molecule is Cc1nn(Cc2ccccc2Cl)c(Cl)c1C(=O)NC(C)CCc1ccccc1. The molecule has 0 saturated carbocycles. The lowest BCUT2D eigenvalue weighted by molar-refractivity contribution is 0.0938. The van der Waals surface area contributed by atoms with Crippen LogP contribution in [0.1, 0.15) is 40.5 Å². The van der Waals surface area contributed by atoms with E-state index in [0.717, 1.165) is 18.4 Å². The average Bonchev–Trinajstić information content (AvgIpc) is 2.96. The molecule has 0 saturated heterocycles. The molecule has 0 fully saturated rings. The Hall–Kier alpha value is -2.30. The van der Waals surface area contributed by atoms with Gasteiger partial charge in [-0.25, -0.2) is 4.68 Å². The number of carbonyl (C=O) groups is 1. The first kappa shape index (κ1) is 20.4. The Morgan fingerprint density at radius 3 is 2.50 bits per heavy atom. The van der Waals surface area contributed by atoms with E-state index in [1.165, 1.54) is 5.56 Å². The number of hydrogen-bond acceptors (Lipinski definition) is 2. The van der Waals surface area contributed by atoms with Crippen LogP contribution in [0, 0.1) is 6.92 Å². The number of nitrogens with one attached hydrogen (secondary N) is 1. The van der Waals surface area contributed by atoms with Crippen LogP contribution in [-0.2, 0) is 13.0 Å². The molecule has 1 heterocycles. The van der Waals surface area contributed by atoms with Crippen LogP contribution in [-0.4, -0.2) is 21.7 Å². The largest absolute Gasteiger partial charge is 0.349 e. The fourth-order valence-electron chi connectivity index (χ4n) is 3.10. The van der Waals surface area contributed by atoms with Crippen molar-refractivity contribution in [1.82, 2.24) is 15.1 Å². The Labute approximate surface area is 175 Å². The minimum atomic E-state index is -0.200. The molecule has 2 aromatic carbocycles. The zero-order valence-electron chi connectivity index (χ0n) is 16.0. The van der Waals surface area contributed by atoms with Gasteiger partial charge in [0.2, 0.25) is 0 Å². The molecule has 3 aromatic rings. The molecule has 1 amide bonds. The Bertz CT molecular complexity index is 954. The van der Waals surface area contributed by atoms with Crippen LogP contribution < -0.4 is 5.32 Å². The normalized spacial score (nSPS) is 12.0. The van der Waals surface area contributed by atoms with E-state index in [-0.39, 0.29) is 11.9 Å². The summed E-state index contributed by atoms with van der Waals surface area (Å²) in [4.78, 5) is 12.8. The minimum Gasteiger partial charge on any atom is -0.349 e. The van der Waals surface area contributed by atoms with Crippen LogP contribution in [0.25, 0.3) is 0 Å². The highest BCUT2D eigenvalue weighted by atomic mass is 35.5. The third kappa shape index (κ3) is 4.94. The number of aryl methyl sites for hydroxylation is 2. The number of carbonyl (C=O) groups excluding carboxylic acids is 1. The summed E-state index contributed by atoms with van der Waals surface area (Å²) in [6.07, 6.45) is 1.75. The maximum absolute atomic E-state index is 12.8. The van der Waals surface area contributed by atoms with Crippen molar-refractivity contribution in [3.05, 3.63) is 87.2 Å². The fraction of sp³-hybridized carbons (Fsp3) is 0.273. The van der Waals surface area contributed by atoms with Crippen molar-refractivity contribution >= 4 is 29.1 Å². The molecule has 0 aliphatic rings. The molecule has 0 aliphatic carbocycles. The number of hydrogen-bond donors (Lipinski definition) is 1. The quantitative estimate of drug-likeness (QED) is 0.568. The molecule has 6 heteroatoms. The molecule has 0 radical (unpaired) electrons. The van der Waals surface area contributed by atoms with Crippen LogP contribution in [0.3, 0.4) is 0 Å². The lowest BCUT2D eigenvalue weighted by atomic mass is 10.1. The number of rotatable bonds is 7. The van der Waals surface area contributed by atoms with Gasteiger partial charge in [0.25, 0.3) is 5.91 Å². The smallest absolute Gasteiger partial charge is 0.256 e. The molecule has 3 rings (SSSR count). The summed E-state index contributed by atoms with van der Waals surface area (Å²) < 4.78 is 1.61. The highest BCUT2D eigenvalue weighted by molar-refractivity contribution is 6.33. The second-order valence-corrected chi connectivity index (χ2v) is 7.66. The van der Waals surface area contributed by atoms with Crippen LogP contribution in [0.4, 0.5) is 0 Å². The molecule has 1 aromatic heterocycles. The van der Waals surface area contributed by atoms with Crippen molar-refractivity contribution in [1.29, 1.82) is 0 Å². The Balaban J connectivity index is 1.66. The molecule has 4 nitrogen and oxygen atoms in total. The van der Waals surface area contributed by atoms with E-state index in [9.17, 15) is 4.79 Å². The predicted octanol–water partition coefficient (Wildman–Crippen LogP) is 5.30. The van der Waals surface area contributed by atoms with Gasteiger partial charge in [-0.3, -0.25) is 4.79 Å². The zero-order valence-corrected chi connectivity index (χ0v) is 17.5. The highest BCUT2D eigenvalue weighted by Crippen LogP contribution is 2.23. The molecule has 0 aliphatic heterocycles.